The van der Waals surface area contributed by atoms with Crippen LogP contribution in [-0.4, -0.2) is 22.3 Å². The number of Topliss-reactive ketones (excluding diaryl/α,β-unsaturated/α-hetero) is 1. The van der Waals surface area contributed by atoms with Crippen LogP contribution in [0.1, 0.15) is 33.6 Å². The lowest BCUT2D eigenvalue weighted by Crippen LogP contribution is -2.47. The number of carbonyl (C=O) groups excluding carboxylic acids is 2. The average molecular weight is 420 g/mol. The number of nitro groups is 1. The standard InChI is InChI=1S/C23H24N4O4/c1-21(2)22(3)13-14-23(21,19(28)18(22)26-25-16-7-5-4-6-8-16)20(29)24-15-9-11-17(12-10-15)27(30)31/h4-12,25H,13-14H2,1-3H3,(H,24,29). The van der Waals surface area contributed by atoms with Crippen molar-refractivity contribution in [3.8, 4) is 0 Å². The van der Waals surface area contributed by atoms with E-state index in [0.29, 0.717) is 24.2 Å². The fraction of sp³-hybridized carbons (Fsp3) is 0.348. The minimum absolute atomic E-state index is 0.0664. The number of carbonyl (C=O) groups is 2. The second kappa shape index (κ2) is 7.01. The van der Waals surface area contributed by atoms with Crippen molar-refractivity contribution in [3.05, 3.63) is 64.7 Å². The predicted molar refractivity (Wildman–Crippen MR) is 118 cm³/mol. The number of ketones is 1. The molecule has 31 heavy (non-hydrogen) atoms. The molecule has 2 saturated carbocycles. The summed E-state index contributed by atoms with van der Waals surface area (Å²) in [6, 6.07) is 14.9. The van der Waals surface area contributed by atoms with Crippen LogP contribution in [0.25, 0.3) is 0 Å². The predicted octanol–water partition coefficient (Wildman–Crippen LogP) is 4.40. The van der Waals surface area contributed by atoms with Crippen molar-refractivity contribution in [2.45, 2.75) is 33.6 Å². The third-order valence-corrected chi connectivity index (χ3v) is 7.37. The second-order valence-corrected chi connectivity index (χ2v) is 8.89. The van der Waals surface area contributed by atoms with Crippen LogP contribution in [0.5, 0.6) is 0 Å². The van der Waals surface area contributed by atoms with Gasteiger partial charge >= 0.3 is 0 Å². The van der Waals surface area contributed by atoms with Gasteiger partial charge in [-0.1, -0.05) is 39.0 Å². The molecule has 4 rings (SSSR count). The van der Waals surface area contributed by atoms with Gasteiger partial charge in [-0.05, 0) is 42.5 Å². The van der Waals surface area contributed by atoms with E-state index in [1.54, 1.807) is 0 Å². The third-order valence-electron chi connectivity index (χ3n) is 7.37. The number of benzene rings is 2. The van der Waals surface area contributed by atoms with E-state index in [0.717, 1.165) is 5.69 Å². The van der Waals surface area contributed by atoms with Gasteiger partial charge in [0.05, 0.1) is 10.6 Å². The first-order chi connectivity index (χ1) is 14.6. The minimum atomic E-state index is -1.25. The molecule has 2 atom stereocenters. The van der Waals surface area contributed by atoms with Gasteiger partial charge in [-0.15, -0.1) is 0 Å². The van der Waals surface area contributed by atoms with E-state index in [1.807, 2.05) is 51.1 Å². The van der Waals surface area contributed by atoms with E-state index in [2.05, 4.69) is 15.8 Å². The van der Waals surface area contributed by atoms with E-state index in [9.17, 15) is 19.7 Å². The fourth-order valence-electron chi connectivity index (χ4n) is 5.01. The van der Waals surface area contributed by atoms with Crippen molar-refractivity contribution >= 4 is 34.5 Å². The van der Waals surface area contributed by atoms with Crippen LogP contribution < -0.4 is 10.7 Å². The topological polar surface area (TPSA) is 114 Å². The maximum atomic E-state index is 13.6. The smallest absolute Gasteiger partial charge is 0.269 e. The number of rotatable bonds is 5. The highest BCUT2D eigenvalue weighted by Crippen LogP contribution is 2.69. The van der Waals surface area contributed by atoms with Crippen LogP contribution in [-0.2, 0) is 9.59 Å². The van der Waals surface area contributed by atoms with Gasteiger partial charge in [0.15, 0.2) is 5.78 Å². The van der Waals surface area contributed by atoms with E-state index in [-0.39, 0.29) is 11.5 Å². The molecular weight excluding hydrogens is 396 g/mol. The van der Waals surface area contributed by atoms with E-state index < -0.39 is 27.1 Å². The molecule has 2 fully saturated rings. The number of hydrogen-bond acceptors (Lipinski definition) is 6. The van der Waals surface area contributed by atoms with Crippen LogP contribution in [0.15, 0.2) is 59.7 Å². The van der Waals surface area contributed by atoms with E-state index in [4.69, 9.17) is 0 Å². The SMILES string of the molecule is CC12CCC(C(=O)Nc3ccc([N+](=O)[O-])cc3)(C(=O)C1=NNc1ccccc1)C2(C)C. The number of fused-ring (bicyclic) bond motifs is 2. The summed E-state index contributed by atoms with van der Waals surface area (Å²) in [4.78, 5) is 37.4. The summed E-state index contributed by atoms with van der Waals surface area (Å²) in [6.07, 6.45) is 1.09. The first kappa shape index (κ1) is 20.7. The number of anilines is 2. The molecule has 0 heterocycles. The van der Waals surface area contributed by atoms with E-state index in [1.165, 1.54) is 24.3 Å². The number of amides is 1. The molecule has 2 unspecified atom stereocenters. The van der Waals surface area contributed by atoms with Crippen LogP contribution in [0.2, 0.25) is 0 Å². The average Bonchev–Trinajstić information content (AvgIpc) is 3.02. The molecule has 160 valence electrons. The van der Waals surface area contributed by atoms with Gasteiger partial charge in [-0.25, -0.2) is 0 Å². The van der Waals surface area contributed by atoms with Gasteiger partial charge in [0.2, 0.25) is 5.91 Å². The summed E-state index contributed by atoms with van der Waals surface area (Å²) in [5, 5.41) is 18.1. The number of nitrogens with zero attached hydrogens (tertiary/aromatic N) is 2. The molecule has 2 bridgehead atoms. The molecule has 2 aromatic carbocycles. The monoisotopic (exact) mass is 420 g/mol. The lowest BCUT2D eigenvalue weighted by Gasteiger charge is -2.37. The zero-order chi connectivity index (χ0) is 22.4. The number of para-hydroxylation sites is 1. The molecule has 8 heteroatoms. The first-order valence-corrected chi connectivity index (χ1v) is 10.1. The van der Waals surface area contributed by atoms with Gasteiger partial charge in [-0.2, -0.15) is 5.10 Å². The molecule has 0 aromatic heterocycles. The Hall–Kier alpha value is -3.55. The zero-order valence-electron chi connectivity index (χ0n) is 17.6. The molecule has 2 aliphatic rings. The molecular formula is C23H24N4O4. The molecule has 1 amide bonds. The molecule has 0 aliphatic heterocycles. The third kappa shape index (κ3) is 2.85. The molecule has 2 aliphatic carbocycles. The molecule has 2 aromatic rings. The molecule has 2 N–H and O–H groups in total. The number of nitro benzene ring substituents is 1. The number of nitrogens with one attached hydrogen (secondary N) is 2. The number of non-ortho nitro benzene ring substituents is 1. The fourth-order valence-corrected chi connectivity index (χ4v) is 5.01. The Labute approximate surface area is 179 Å². The lowest BCUT2D eigenvalue weighted by molar-refractivity contribution is -0.384. The minimum Gasteiger partial charge on any atom is -0.325 e. The Bertz CT molecular complexity index is 1090. The van der Waals surface area contributed by atoms with Crippen molar-refractivity contribution < 1.29 is 14.5 Å². The Balaban J connectivity index is 1.65. The quantitative estimate of drug-likeness (QED) is 0.423. The highest BCUT2D eigenvalue weighted by Gasteiger charge is 2.76. The summed E-state index contributed by atoms with van der Waals surface area (Å²) >= 11 is 0. The van der Waals surface area contributed by atoms with Gasteiger partial charge in [0.25, 0.3) is 5.69 Å². The van der Waals surface area contributed by atoms with Crippen molar-refractivity contribution in [1.29, 1.82) is 0 Å². The van der Waals surface area contributed by atoms with E-state index >= 15 is 0 Å². The van der Waals surface area contributed by atoms with Crippen molar-refractivity contribution in [3.63, 3.8) is 0 Å². The maximum absolute atomic E-state index is 13.6. The Kier molecular flexibility index (Phi) is 4.68. The number of hydrogen-bond donors (Lipinski definition) is 2. The highest BCUT2D eigenvalue weighted by molar-refractivity contribution is 6.51. The maximum Gasteiger partial charge on any atom is 0.269 e. The summed E-state index contributed by atoms with van der Waals surface area (Å²) in [6.45, 7) is 5.88. The Morgan fingerprint density at radius 2 is 1.65 bits per heavy atom. The summed E-state index contributed by atoms with van der Waals surface area (Å²) in [5.74, 6) is -0.668. The normalized spacial score (nSPS) is 27.3. The Morgan fingerprint density at radius 3 is 2.26 bits per heavy atom. The zero-order valence-corrected chi connectivity index (χ0v) is 17.6. The van der Waals surface area contributed by atoms with Crippen molar-refractivity contribution in [2.75, 3.05) is 10.7 Å². The Morgan fingerprint density at radius 1 is 1.00 bits per heavy atom. The van der Waals surface area contributed by atoms with Crippen LogP contribution in [0.4, 0.5) is 17.1 Å². The second-order valence-electron chi connectivity index (χ2n) is 8.89. The lowest BCUT2D eigenvalue weighted by atomic mass is 9.64. The molecule has 0 saturated heterocycles. The summed E-state index contributed by atoms with van der Waals surface area (Å²) in [7, 11) is 0. The van der Waals surface area contributed by atoms with Crippen LogP contribution in [0.3, 0.4) is 0 Å². The van der Waals surface area contributed by atoms with Crippen molar-refractivity contribution in [2.24, 2.45) is 21.3 Å². The van der Waals surface area contributed by atoms with Gasteiger partial charge < -0.3 is 5.32 Å². The van der Waals surface area contributed by atoms with Gasteiger partial charge in [-0.3, -0.25) is 25.1 Å². The highest BCUT2D eigenvalue weighted by atomic mass is 16.6. The van der Waals surface area contributed by atoms with Gasteiger partial charge in [0.1, 0.15) is 11.1 Å². The number of hydrazone groups is 1. The van der Waals surface area contributed by atoms with Gasteiger partial charge in [0, 0.05) is 23.2 Å². The summed E-state index contributed by atoms with van der Waals surface area (Å²) < 4.78 is 0. The molecule has 0 spiro atoms. The van der Waals surface area contributed by atoms with Crippen molar-refractivity contribution in [1.82, 2.24) is 0 Å². The largest absolute Gasteiger partial charge is 0.325 e. The first-order valence-electron chi connectivity index (χ1n) is 10.1. The molecule has 8 nitrogen and oxygen atoms in total. The summed E-state index contributed by atoms with van der Waals surface area (Å²) in [5.41, 5.74) is 1.99. The van der Waals surface area contributed by atoms with Crippen LogP contribution in [0, 0.1) is 26.4 Å². The van der Waals surface area contributed by atoms with Crippen LogP contribution >= 0.6 is 0 Å². The molecule has 0 radical (unpaired) electrons.